The van der Waals surface area contributed by atoms with Crippen LogP contribution in [0.2, 0.25) is 5.02 Å². The summed E-state index contributed by atoms with van der Waals surface area (Å²) >= 11 is 10.1. The number of esters is 1. The molecule has 0 saturated carbocycles. The van der Waals surface area contributed by atoms with E-state index in [0.29, 0.717) is 48.9 Å². The molecular formula is C32H22BrClF3N3O5. The molecule has 0 bridgehead atoms. The summed E-state index contributed by atoms with van der Waals surface area (Å²) in [6.45, 7) is 0. The summed E-state index contributed by atoms with van der Waals surface area (Å²) in [5.41, 5.74) is 3.63. The summed E-state index contributed by atoms with van der Waals surface area (Å²) in [5.74, 6) is -0.957. The van der Waals surface area contributed by atoms with E-state index in [1.807, 2.05) is 12.1 Å². The maximum absolute atomic E-state index is 13.4. The van der Waals surface area contributed by atoms with Crippen LogP contribution in [0.3, 0.4) is 0 Å². The lowest BCUT2D eigenvalue weighted by molar-refractivity contribution is -0.137. The van der Waals surface area contributed by atoms with Gasteiger partial charge in [-0.1, -0.05) is 51.8 Å². The Morgan fingerprint density at radius 2 is 1.67 bits per heavy atom. The number of nitrogens with zero attached hydrogens (tertiary/aromatic N) is 1. The molecule has 0 radical (unpaired) electrons. The van der Waals surface area contributed by atoms with Crippen molar-refractivity contribution in [1.29, 1.82) is 0 Å². The number of ether oxygens (including phenoxy) is 3. The Bertz CT molecular complexity index is 1960. The molecule has 0 fully saturated rings. The van der Waals surface area contributed by atoms with Crippen LogP contribution in [0, 0.1) is 0 Å². The number of fused-ring (bicyclic) bond motifs is 1. The average Bonchev–Trinajstić information content (AvgIpc) is 3.43. The molecule has 5 aromatic rings. The fourth-order valence-electron chi connectivity index (χ4n) is 4.56. The van der Waals surface area contributed by atoms with Crippen molar-refractivity contribution in [2.45, 2.75) is 6.18 Å². The van der Waals surface area contributed by atoms with Gasteiger partial charge >= 0.3 is 12.1 Å². The second kappa shape index (κ2) is 13.0. The van der Waals surface area contributed by atoms with Crippen molar-refractivity contribution in [2.75, 3.05) is 14.2 Å². The van der Waals surface area contributed by atoms with Crippen molar-refractivity contribution in [1.82, 2.24) is 10.4 Å². The van der Waals surface area contributed by atoms with Crippen molar-refractivity contribution >= 4 is 56.5 Å². The van der Waals surface area contributed by atoms with Gasteiger partial charge < -0.3 is 19.2 Å². The molecule has 5 rings (SSSR count). The zero-order valence-corrected chi connectivity index (χ0v) is 25.8. The zero-order chi connectivity index (χ0) is 32.3. The first-order valence-electron chi connectivity index (χ1n) is 13.1. The van der Waals surface area contributed by atoms with E-state index in [2.05, 4.69) is 31.4 Å². The minimum Gasteiger partial charge on any atom is -0.495 e. The number of rotatable bonds is 8. The first-order chi connectivity index (χ1) is 21.5. The Hall–Kier alpha value is -4.81. The summed E-state index contributed by atoms with van der Waals surface area (Å²) in [7, 11) is 2.85. The highest BCUT2D eigenvalue weighted by Crippen LogP contribution is 2.43. The molecule has 8 nitrogen and oxygen atoms in total. The first kappa shape index (κ1) is 31.6. The average molecular weight is 701 g/mol. The van der Waals surface area contributed by atoms with E-state index in [9.17, 15) is 22.8 Å². The van der Waals surface area contributed by atoms with Gasteiger partial charge in [0.15, 0.2) is 11.5 Å². The third-order valence-electron chi connectivity index (χ3n) is 6.65. The van der Waals surface area contributed by atoms with Gasteiger partial charge in [-0.05, 0) is 60.2 Å². The van der Waals surface area contributed by atoms with Gasteiger partial charge in [-0.2, -0.15) is 18.3 Å². The molecule has 2 N–H and O–H groups in total. The molecule has 230 valence electrons. The van der Waals surface area contributed by atoms with Crippen LogP contribution in [0.1, 0.15) is 32.0 Å². The number of halogens is 5. The van der Waals surface area contributed by atoms with Crippen molar-refractivity contribution in [3.8, 4) is 28.4 Å². The predicted molar refractivity (Wildman–Crippen MR) is 167 cm³/mol. The zero-order valence-electron chi connectivity index (χ0n) is 23.5. The smallest absolute Gasteiger partial charge is 0.416 e. The molecule has 0 aliphatic carbocycles. The van der Waals surface area contributed by atoms with Crippen LogP contribution < -0.4 is 19.6 Å². The Balaban J connectivity index is 1.38. The highest BCUT2D eigenvalue weighted by atomic mass is 79.9. The Kier molecular flexibility index (Phi) is 9.16. The number of carbonyl (C=O) groups is 2. The van der Waals surface area contributed by atoms with E-state index < -0.39 is 23.6 Å². The van der Waals surface area contributed by atoms with Gasteiger partial charge in [-0.15, -0.1) is 0 Å². The number of aromatic amines is 1. The van der Waals surface area contributed by atoms with Crippen LogP contribution in [-0.4, -0.2) is 37.3 Å². The van der Waals surface area contributed by atoms with E-state index >= 15 is 0 Å². The monoisotopic (exact) mass is 699 g/mol. The van der Waals surface area contributed by atoms with E-state index in [-0.39, 0.29) is 22.8 Å². The van der Waals surface area contributed by atoms with Gasteiger partial charge in [-0.25, -0.2) is 10.2 Å². The van der Waals surface area contributed by atoms with Gasteiger partial charge in [0.2, 0.25) is 0 Å². The number of benzene rings is 4. The van der Waals surface area contributed by atoms with Gasteiger partial charge in [0.1, 0.15) is 11.4 Å². The molecule has 1 amide bonds. The van der Waals surface area contributed by atoms with Crippen molar-refractivity contribution in [3.63, 3.8) is 0 Å². The molecule has 13 heteroatoms. The van der Waals surface area contributed by atoms with E-state index in [4.69, 9.17) is 25.8 Å². The number of hydrogen-bond donors (Lipinski definition) is 2. The molecular weight excluding hydrogens is 679 g/mol. The Labute approximate surface area is 267 Å². The number of aromatic nitrogens is 1. The number of methoxy groups -OCH3 is 2. The highest BCUT2D eigenvalue weighted by Gasteiger charge is 2.31. The van der Waals surface area contributed by atoms with Crippen LogP contribution in [0.4, 0.5) is 13.2 Å². The predicted octanol–water partition coefficient (Wildman–Crippen LogP) is 8.27. The minimum atomic E-state index is -4.61. The summed E-state index contributed by atoms with van der Waals surface area (Å²) in [4.78, 5) is 29.1. The molecule has 45 heavy (non-hydrogen) atoms. The van der Waals surface area contributed by atoms with Crippen molar-refractivity contribution in [3.05, 3.63) is 111 Å². The maximum atomic E-state index is 13.4. The molecule has 0 unspecified atom stereocenters. The van der Waals surface area contributed by atoms with Gasteiger partial charge in [0.05, 0.1) is 37.1 Å². The van der Waals surface area contributed by atoms with Gasteiger partial charge in [0, 0.05) is 26.0 Å². The highest BCUT2D eigenvalue weighted by molar-refractivity contribution is 9.10. The molecule has 1 heterocycles. The normalized spacial score (nSPS) is 11.5. The maximum Gasteiger partial charge on any atom is 0.416 e. The number of nitrogens with one attached hydrogen (secondary N) is 2. The quantitative estimate of drug-likeness (QED) is 0.0735. The lowest BCUT2D eigenvalue weighted by Crippen LogP contribution is -2.19. The van der Waals surface area contributed by atoms with Gasteiger partial charge in [0.25, 0.3) is 5.91 Å². The van der Waals surface area contributed by atoms with Crippen molar-refractivity contribution in [2.24, 2.45) is 5.10 Å². The fourth-order valence-corrected chi connectivity index (χ4v) is 5.32. The number of amides is 1. The third-order valence-corrected chi connectivity index (χ3v) is 7.64. The molecule has 0 spiro atoms. The van der Waals surface area contributed by atoms with Crippen LogP contribution >= 0.6 is 27.5 Å². The minimum absolute atomic E-state index is 0.0249. The summed E-state index contributed by atoms with van der Waals surface area (Å²) < 4.78 is 56.0. The molecule has 0 aliphatic heterocycles. The largest absolute Gasteiger partial charge is 0.495 e. The van der Waals surface area contributed by atoms with E-state index in [0.717, 1.165) is 12.1 Å². The summed E-state index contributed by atoms with van der Waals surface area (Å²) in [5, 5.41) is 5.19. The summed E-state index contributed by atoms with van der Waals surface area (Å²) in [6.07, 6.45) is -3.27. The molecule has 0 saturated heterocycles. The second-order valence-corrected chi connectivity index (χ2v) is 10.7. The van der Waals surface area contributed by atoms with Crippen LogP contribution in [0.5, 0.6) is 17.2 Å². The fraction of sp³-hybridized carbons (Fsp3) is 0.0938. The van der Waals surface area contributed by atoms with Gasteiger partial charge in [-0.3, -0.25) is 4.79 Å². The first-order valence-corrected chi connectivity index (χ1v) is 14.2. The standard InChI is InChI=1S/C32H22BrClF3N3O5/c1-43-24-13-11-21(33)27-26(20-8-3-4-9-22(20)34)29(39-28(24)27)30(41)40-38-16-17-10-12-23(25(14-17)44-2)45-31(42)18-6-5-7-19(15-18)32(35,36)37/h3-16,39H,1-2H3,(H,40,41). The lowest BCUT2D eigenvalue weighted by Gasteiger charge is -2.11. The Morgan fingerprint density at radius 1 is 0.933 bits per heavy atom. The van der Waals surface area contributed by atoms with Crippen LogP contribution in [-0.2, 0) is 6.18 Å². The van der Waals surface area contributed by atoms with Crippen LogP contribution in [0.15, 0.2) is 88.4 Å². The lowest BCUT2D eigenvalue weighted by atomic mass is 10.0. The molecule has 0 aliphatic rings. The number of alkyl halides is 3. The number of hydrogen-bond acceptors (Lipinski definition) is 6. The molecule has 0 atom stereocenters. The molecule has 1 aromatic heterocycles. The third kappa shape index (κ3) is 6.66. The second-order valence-electron chi connectivity index (χ2n) is 9.43. The number of hydrazone groups is 1. The van der Waals surface area contributed by atoms with E-state index in [1.54, 1.807) is 24.3 Å². The van der Waals surface area contributed by atoms with Crippen LogP contribution in [0.25, 0.3) is 22.0 Å². The van der Waals surface area contributed by atoms with E-state index in [1.165, 1.54) is 44.7 Å². The summed E-state index contributed by atoms with van der Waals surface area (Å²) in [6, 6.07) is 19.0. The topological polar surface area (TPSA) is 102 Å². The number of H-pyrrole nitrogens is 1. The van der Waals surface area contributed by atoms with Crippen molar-refractivity contribution < 1.29 is 37.0 Å². The number of carbonyl (C=O) groups excluding carboxylic acids is 2. The SMILES string of the molecule is COc1cc(C=NNC(=O)c2[nH]c3c(OC)ccc(Br)c3c2-c2ccccc2Cl)ccc1OC(=O)c1cccc(C(F)(F)F)c1. The molecule has 4 aromatic carbocycles. The Morgan fingerprint density at radius 3 is 2.38 bits per heavy atom.